The van der Waals surface area contributed by atoms with Gasteiger partial charge in [0, 0.05) is 21.9 Å². The van der Waals surface area contributed by atoms with E-state index < -0.39 is 23.5 Å². The number of benzene rings is 3. The molecule has 170 valence electrons. The van der Waals surface area contributed by atoms with Crippen molar-refractivity contribution in [3.05, 3.63) is 96.1 Å². The second kappa shape index (κ2) is 7.83. The van der Waals surface area contributed by atoms with Gasteiger partial charge in [-0.05, 0) is 36.4 Å². The molecule has 0 saturated carbocycles. The minimum atomic E-state index is -4.49. The fourth-order valence-corrected chi connectivity index (χ4v) is 3.80. The number of aromatic nitrogens is 2. The smallest absolute Gasteiger partial charge is 0.245 e. The van der Waals surface area contributed by atoms with Crippen LogP contribution in [0.5, 0.6) is 0 Å². The molecule has 0 unspecified atom stereocenters. The zero-order chi connectivity index (χ0) is 24.1. The highest BCUT2D eigenvalue weighted by atomic mass is 19.4. The van der Waals surface area contributed by atoms with Crippen molar-refractivity contribution in [2.24, 2.45) is 0 Å². The third-order valence-corrected chi connectivity index (χ3v) is 5.49. The summed E-state index contributed by atoms with van der Waals surface area (Å²) in [6.45, 7) is 0. The highest BCUT2D eigenvalue weighted by Crippen LogP contribution is 2.34. The number of hydrogen-bond acceptors (Lipinski definition) is 2. The molecule has 0 aliphatic carbocycles. The number of halogens is 6. The van der Waals surface area contributed by atoms with Crippen molar-refractivity contribution >= 4 is 21.8 Å². The van der Waals surface area contributed by atoms with Gasteiger partial charge >= 0.3 is 12.4 Å². The first-order chi connectivity index (χ1) is 16.1. The van der Waals surface area contributed by atoms with Crippen molar-refractivity contribution in [2.45, 2.75) is 12.4 Å². The molecule has 2 heterocycles. The molecule has 0 atom stereocenters. The SMILES string of the molecule is FC(F)(F)c1cccc(-c2ccc3ccc4ccc(-c5cccc(C(F)(F)F)c5)nc4c3n2)c1. The topological polar surface area (TPSA) is 25.8 Å². The Bertz CT molecular complexity index is 1420. The predicted molar refractivity (Wildman–Crippen MR) is 118 cm³/mol. The quantitative estimate of drug-likeness (QED) is 0.193. The lowest BCUT2D eigenvalue weighted by Crippen LogP contribution is -2.04. The zero-order valence-electron chi connectivity index (χ0n) is 17.2. The van der Waals surface area contributed by atoms with E-state index in [1.165, 1.54) is 24.3 Å². The third kappa shape index (κ3) is 4.07. The van der Waals surface area contributed by atoms with Gasteiger partial charge < -0.3 is 0 Å². The molecule has 3 aromatic carbocycles. The van der Waals surface area contributed by atoms with Crippen LogP contribution < -0.4 is 0 Å². The lowest BCUT2D eigenvalue weighted by atomic mass is 10.0. The second-order valence-electron chi connectivity index (χ2n) is 7.76. The van der Waals surface area contributed by atoms with Gasteiger partial charge in [0.1, 0.15) is 0 Å². The van der Waals surface area contributed by atoms with Crippen molar-refractivity contribution in [3.8, 4) is 22.5 Å². The van der Waals surface area contributed by atoms with Crippen molar-refractivity contribution in [1.29, 1.82) is 0 Å². The Kier molecular flexibility index (Phi) is 5.04. The molecule has 5 rings (SSSR count). The molecule has 0 radical (unpaired) electrons. The Morgan fingerprint density at radius 3 is 1.24 bits per heavy atom. The van der Waals surface area contributed by atoms with E-state index in [4.69, 9.17) is 0 Å². The maximum Gasteiger partial charge on any atom is 0.416 e. The van der Waals surface area contributed by atoms with E-state index in [1.54, 1.807) is 24.3 Å². The minimum Gasteiger partial charge on any atom is -0.245 e. The molecular weight excluding hydrogens is 454 g/mol. The summed E-state index contributed by atoms with van der Waals surface area (Å²) < 4.78 is 78.9. The van der Waals surface area contributed by atoms with Crippen molar-refractivity contribution in [3.63, 3.8) is 0 Å². The van der Waals surface area contributed by atoms with Gasteiger partial charge in [0.05, 0.1) is 33.5 Å². The summed E-state index contributed by atoms with van der Waals surface area (Å²) in [5.74, 6) is 0. The third-order valence-electron chi connectivity index (χ3n) is 5.49. The molecule has 0 N–H and O–H groups in total. The Balaban J connectivity index is 1.67. The van der Waals surface area contributed by atoms with Crippen LogP contribution in [-0.2, 0) is 12.4 Å². The van der Waals surface area contributed by atoms with Crippen molar-refractivity contribution in [1.82, 2.24) is 9.97 Å². The minimum absolute atomic E-state index is 0.294. The summed E-state index contributed by atoms with van der Waals surface area (Å²) in [4.78, 5) is 9.16. The molecule has 2 aromatic heterocycles. The van der Waals surface area contributed by atoms with Gasteiger partial charge in [0.15, 0.2) is 0 Å². The number of pyridine rings is 2. The molecule has 0 bridgehead atoms. The molecule has 0 saturated heterocycles. The molecular formula is C26H14F6N2. The average molecular weight is 468 g/mol. The molecule has 34 heavy (non-hydrogen) atoms. The molecule has 2 nitrogen and oxygen atoms in total. The molecule has 0 spiro atoms. The summed E-state index contributed by atoms with van der Waals surface area (Å²) in [7, 11) is 0. The van der Waals surface area contributed by atoms with Crippen LogP contribution in [-0.4, -0.2) is 9.97 Å². The van der Waals surface area contributed by atoms with Gasteiger partial charge in [0.25, 0.3) is 0 Å². The van der Waals surface area contributed by atoms with Crippen LogP contribution in [0.3, 0.4) is 0 Å². The van der Waals surface area contributed by atoms with E-state index >= 15 is 0 Å². The summed E-state index contributed by atoms with van der Waals surface area (Å²) in [5.41, 5.74) is 0.576. The monoisotopic (exact) mass is 468 g/mol. The predicted octanol–water partition coefficient (Wildman–Crippen LogP) is 8.15. The fraction of sp³-hybridized carbons (Fsp3) is 0.0769. The molecule has 0 amide bonds. The number of rotatable bonds is 2. The van der Waals surface area contributed by atoms with Gasteiger partial charge in [-0.1, -0.05) is 48.5 Å². The Labute approximate surface area is 189 Å². The molecule has 0 fully saturated rings. The van der Waals surface area contributed by atoms with E-state index in [2.05, 4.69) is 9.97 Å². The zero-order valence-corrected chi connectivity index (χ0v) is 17.2. The Hall–Kier alpha value is -3.94. The number of hydrogen-bond donors (Lipinski definition) is 0. The molecule has 8 heteroatoms. The maximum absolute atomic E-state index is 13.2. The fourth-order valence-electron chi connectivity index (χ4n) is 3.80. The van der Waals surface area contributed by atoms with Crippen molar-refractivity contribution < 1.29 is 26.3 Å². The van der Waals surface area contributed by atoms with Crippen LogP contribution in [0, 0.1) is 0 Å². The van der Waals surface area contributed by atoms with Crippen LogP contribution in [0.25, 0.3) is 44.3 Å². The molecule has 0 aliphatic rings. The number of alkyl halides is 6. The molecule has 0 aliphatic heterocycles. The average Bonchev–Trinajstić information content (AvgIpc) is 2.82. The van der Waals surface area contributed by atoms with Gasteiger partial charge in [-0.2, -0.15) is 26.3 Å². The number of fused-ring (bicyclic) bond motifs is 3. The van der Waals surface area contributed by atoms with E-state index in [0.717, 1.165) is 24.3 Å². The van der Waals surface area contributed by atoms with Crippen LogP contribution in [0.1, 0.15) is 11.1 Å². The summed E-state index contributed by atoms with van der Waals surface area (Å²) in [6, 6.07) is 20.1. The summed E-state index contributed by atoms with van der Waals surface area (Å²) in [6.07, 6.45) is -8.97. The highest BCUT2D eigenvalue weighted by molar-refractivity contribution is 6.04. The standard InChI is InChI=1S/C26H14F6N2/c27-25(28,29)19-5-1-3-17(13-19)21-11-9-15-7-8-16-10-12-22(34-24(16)23(15)33-21)18-4-2-6-20(14-18)26(30,31)32/h1-14H. The van der Waals surface area contributed by atoms with E-state index in [1.807, 2.05) is 12.1 Å². The maximum atomic E-state index is 13.2. The summed E-state index contributed by atoms with van der Waals surface area (Å²) >= 11 is 0. The first kappa shape index (κ1) is 21.9. The van der Waals surface area contributed by atoms with E-state index in [-0.39, 0.29) is 0 Å². The molecule has 5 aromatic rings. The van der Waals surface area contributed by atoms with Gasteiger partial charge in [-0.15, -0.1) is 0 Å². The van der Waals surface area contributed by atoms with Gasteiger partial charge in [0.2, 0.25) is 0 Å². The summed E-state index contributed by atoms with van der Waals surface area (Å²) in [5, 5.41) is 1.41. The van der Waals surface area contributed by atoms with Crippen LogP contribution in [0.2, 0.25) is 0 Å². The normalized spacial score (nSPS) is 12.4. The van der Waals surface area contributed by atoms with Gasteiger partial charge in [-0.25, -0.2) is 9.97 Å². The second-order valence-corrected chi connectivity index (χ2v) is 7.76. The Morgan fingerprint density at radius 1 is 0.471 bits per heavy atom. The lowest BCUT2D eigenvalue weighted by molar-refractivity contribution is -0.138. The lowest BCUT2D eigenvalue weighted by Gasteiger charge is -2.11. The van der Waals surface area contributed by atoms with Crippen LogP contribution >= 0.6 is 0 Å². The van der Waals surface area contributed by atoms with E-state index in [0.29, 0.717) is 44.3 Å². The Morgan fingerprint density at radius 2 is 0.853 bits per heavy atom. The van der Waals surface area contributed by atoms with E-state index in [9.17, 15) is 26.3 Å². The van der Waals surface area contributed by atoms with Crippen LogP contribution in [0.4, 0.5) is 26.3 Å². The highest BCUT2D eigenvalue weighted by Gasteiger charge is 2.31. The van der Waals surface area contributed by atoms with Crippen molar-refractivity contribution in [2.75, 3.05) is 0 Å². The first-order valence-electron chi connectivity index (χ1n) is 10.2. The first-order valence-corrected chi connectivity index (χ1v) is 10.2. The largest absolute Gasteiger partial charge is 0.416 e. The van der Waals surface area contributed by atoms with Crippen LogP contribution in [0.15, 0.2) is 84.9 Å². The number of nitrogens with zero attached hydrogens (tertiary/aromatic N) is 2. The van der Waals surface area contributed by atoms with Gasteiger partial charge in [-0.3, -0.25) is 0 Å².